The summed E-state index contributed by atoms with van der Waals surface area (Å²) in [5, 5.41) is 2.98. The largest absolute Gasteiger partial charge is 0.494 e. The maximum absolute atomic E-state index is 14.0. The first-order chi connectivity index (χ1) is 15.0. The van der Waals surface area contributed by atoms with Crippen molar-refractivity contribution in [1.29, 1.82) is 0 Å². The molecule has 7 heteroatoms. The van der Waals surface area contributed by atoms with Crippen molar-refractivity contribution >= 4 is 11.8 Å². The molecule has 31 heavy (non-hydrogen) atoms. The molecule has 0 spiro atoms. The monoisotopic (exact) mass is 426 g/mol. The Morgan fingerprint density at radius 3 is 2.81 bits per heavy atom. The molecule has 2 amide bonds. The summed E-state index contributed by atoms with van der Waals surface area (Å²) < 4.78 is 24.8. The standard InChI is InChI=1S/C24H27FN2O4/c1-30-22-8-6-18(13-20(22)25)24(29)27-10-11-31-21-7-4-16(12-19(21)15-27)5-9-23(28)26-14-17-2-3-17/h4,6-8,12-13,17H,2-3,5,9-11,14-15H2,1H3,(H,26,28). The van der Waals surface area contributed by atoms with Gasteiger partial charge in [0.05, 0.1) is 13.7 Å². The van der Waals surface area contributed by atoms with Gasteiger partial charge in [-0.3, -0.25) is 9.59 Å². The molecule has 0 aromatic heterocycles. The Morgan fingerprint density at radius 2 is 2.06 bits per heavy atom. The van der Waals surface area contributed by atoms with Gasteiger partial charge in [-0.15, -0.1) is 0 Å². The molecule has 0 saturated heterocycles. The Hall–Kier alpha value is -3.09. The van der Waals surface area contributed by atoms with Crippen LogP contribution in [0.2, 0.25) is 0 Å². The lowest BCUT2D eigenvalue weighted by Gasteiger charge is -2.20. The van der Waals surface area contributed by atoms with Crippen LogP contribution in [0.5, 0.6) is 11.5 Å². The highest BCUT2D eigenvalue weighted by molar-refractivity contribution is 5.94. The van der Waals surface area contributed by atoms with Crippen LogP contribution in [0.3, 0.4) is 0 Å². The van der Waals surface area contributed by atoms with Crippen LogP contribution in [0.1, 0.15) is 40.7 Å². The second-order valence-corrected chi connectivity index (χ2v) is 8.11. The van der Waals surface area contributed by atoms with E-state index in [0.717, 1.165) is 23.4 Å². The van der Waals surface area contributed by atoms with E-state index in [1.54, 1.807) is 11.0 Å². The summed E-state index contributed by atoms with van der Waals surface area (Å²) in [6.07, 6.45) is 3.48. The minimum atomic E-state index is -0.568. The summed E-state index contributed by atoms with van der Waals surface area (Å²) in [5.74, 6) is 0.739. The lowest BCUT2D eigenvalue weighted by atomic mass is 10.0. The Balaban J connectivity index is 1.42. The van der Waals surface area contributed by atoms with Crippen LogP contribution in [-0.4, -0.2) is 43.5 Å². The summed E-state index contributed by atoms with van der Waals surface area (Å²) in [6, 6.07) is 10.1. The number of ether oxygens (including phenoxy) is 2. The first-order valence-electron chi connectivity index (χ1n) is 10.7. The number of aryl methyl sites for hydroxylation is 1. The molecule has 4 rings (SSSR count). The van der Waals surface area contributed by atoms with Gasteiger partial charge >= 0.3 is 0 Å². The van der Waals surface area contributed by atoms with Crippen molar-refractivity contribution in [2.75, 3.05) is 26.8 Å². The van der Waals surface area contributed by atoms with E-state index < -0.39 is 5.82 Å². The molecular weight excluding hydrogens is 399 g/mol. The smallest absolute Gasteiger partial charge is 0.254 e. The molecule has 0 atom stereocenters. The van der Waals surface area contributed by atoms with E-state index in [1.807, 2.05) is 18.2 Å². The van der Waals surface area contributed by atoms with Crippen LogP contribution >= 0.6 is 0 Å². The molecule has 2 aliphatic rings. The van der Waals surface area contributed by atoms with Gasteiger partial charge in [0.1, 0.15) is 12.4 Å². The zero-order valence-corrected chi connectivity index (χ0v) is 17.7. The molecule has 1 heterocycles. The van der Waals surface area contributed by atoms with Gasteiger partial charge in [-0.1, -0.05) is 12.1 Å². The van der Waals surface area contributed by atoms with Crippen molar-refractivity contribution in [3.8, 4) is 11.5 Å². The lowest BCUT2D eigenvalue weighted by molar-refractivity contribution is -0.121. The molecule has 6 nitrogen and oxygen atoms in total. The third-order valence-corrected chi connectivity index (χ3v) is 5.72. The van der Waals surface area contributed by atoms with Gasteiger partial charge in [-0.2, -0.15) is 0 Å². The number of hydrogen-bond donors (Lipinski definition) is 1. The van der Waals surface area contributed by atoms with Crippen molar-refractivity contribution in [2.24, 2.45) is 5.92 Å². The Morgan fingerprint density at radius 1 is 1.23 bits per heavy atom. The van der Waals surface area contributed by atoms with Gasteiger partial charge < -0.3 is 19.7 Å². The fourth-order valence-corrected chi connectivity index (χ4v) is 3.68. The molecule has 1 fully saturated rings. The zero-order valence-electron chi connectivity index (χ0n) is 17.7. The molecule has 2 aromatic carbocycles. The molecule has 164 valence electrons. The highest BCUT2D eigenvalue weighted by atomic mass is 19.1. The summed E-state index contributed by atoms with van der Waals surface area (Å²) in [7, 11) is 1.39. The van der Waals surface area contributed by atoms with Gasteiger partial charge in [-0.25, -0.2) is 4.39 Å². The number of hydrogen-bond acceptors (Lipinski definition) is 4. The first-order valence-corrected chi connectivity index (χ1v) is 10.7. The molecule has 1 saturated carbocycles. The molecule has 2 aromatic rings. The van der Waals surface area contributed by atoms with Gasteiger partial charge in [0.15, 0.2) is 11.6 Å². The zero-order chi connectivity index (χ0) is 21.8. The Bertz CT molecular complexity index is 974. The number of nitrogens with one attached hydrogen (secondary N) is 1. The number of methoxy groups -OCH3 is 1. The first kappa shape index (κ1) is 21.2. The van der Waals surface area contributed by atoms with E-state index in [0.29, 0.717) is 38.5 Å². The van der Waals surface area contributed by atoms with Gasteiger partial charge in [0.2, 0.25) is 5.91 Å². The van der Waals surface area contributed by atoms with E-state index in [2.05, 4.69) is 5.32 Å². The van der Waals surface area contributed by atoms with Crippen molar-refractivity contribution in [3.63, 3.8) is 0 Å². The second-order valence-electron chi connectivity index (χ2n) is 8.11. The second kappa shape index (κ2) is 9.37. The minimum Gasteiger partial charge on any atom is -0.494 e. The fourth-order valence-electron chi connectivity index (χ4n) is 3.68. The van der Waals surface area contributed by atoms with Crippen LogP contribution in [0.25, 0.3) is 0 Å². The SMILES string of the molecule is COc1ccc(C(=O)N2CCOc3ccc(CCC(=O)NCC4CC4)cc3C2)cc1F. The maximum Gasteiger partial charge on any atom is 0.254 e. The fraction of sp³-hybridized carbons (Fsp3) is 0.417. The summed E-state index contributed by atoms with van der Waals surface area (Å²) in [6.45, 7) is 1.91. The van der Waals surface area contributed by atoms with Crippen LogP contribution in [0.15, 0.2) is 36.4 Å². The number of carbonyl (C=O) groups excluding carboxylic acids is 2. The number of amides is 2. The third kappa shape index (κ3) is 5.34. The average Bonchev–Trinajstić information content (AvgIpc) is 3.62. The van der Waals surface area contributed by atoms with Crippen molar-refractivity contribution in [3.05, 3.63) is 58.9 Å². The number of fused-ring (bicyclic) bond motifs is 1. The van der Waals surface area contributed by atoms with E-state index in [4.69, 9.17) is 9.47 Å². The highest BCUT2D eigenvalue weighted by Crippen LogP contribution is 2.28. The van der Waals surface area contributed by atoms with Crippen LogP contribution in [0.4, 0.5) is 4.39 Å². The number of nitrogens with zero attached hydrogens (tertiary/aromatic N) is 1. The molecule has 0 bridgehead atoms. The molecule has 1 aliphatic heterocycles. The molecule has 1 N–H and O–H groups in total. The normalized spacial score (nSPS) is 15.5. The molecule has 0 unspecified atom stereocenters. The van der Waals surface area contributed by atoms with E-state index in [-0.39, 0.29) is 23.1 Å². The van der Waals surface area contributed by atoms with Crippen LogP contribution < -0.4 is 14.8 Å². The number of carbonyl (C=O) groups is 2. The van der Waals surface area contributed by atoms with Crippen molar-refractivity contribution in [1.82, 2.24) is 10.2 Å². The number of benzene rings is 2. The van der Waals surface area contributed by atoms with Gasteiger partial charge in [-0.05, 0) is 55.0 Å². The Kier molecular flexibility index (Phi) is 6.39. The highest BCUT2D eigenvalue weighted by Gasteiger charge is 2.23. The van der Waals surface area contributed by atoms with Crippen LogP contribution in [0, 0.1) is 11.7 Å². The van der Waals surface area contributed by atoms with Crippen molar-refractivity contribution < 1.29 is 23.5 Å². The molecule has 1 aliphatic carbocycles. The van der Waals surface area contributed by atoms with Crippen LogP contribution in [-0.2, 0) is 17.8 Å². The Labute approximate surface area is 181 Å². The summed E-state index contributed by atoms with van der Waals surface area (Å²) >= 11 is 0. The quantitative estimate of drug-likeness (QED) is 0.738. The van der Waals surface area contributed by atoms with E-state index in [1.165, 1.54) is 32.1 Å². The average molecular weight is 426 g/mol. The molecule has 0 radical (unpaired) electrons. The predicted molar refractivity (Wildman–Crippen MR) is 114 cm³/mol. The van der Waals surface area contributed by atoms with Gasteiger partial charge in [0.25, 0.3) is 5.91 Å². The topological polar surface area (TPSA) is 67.9 Å². The minimum absolute atomic E-state index is 0.0661. The van der Waals surface area contributed by atoms with Crippen molar-refractivity contribution in [2.45, 2.75) is 32.2 Å². The predicted octanol–water partition coefficient (Wildman–Crippen LogP) is 3.33. The van der Waals surface area contributed by atoms with E-state index >= 15 is 0 Å². The molecular formula is C24H27FN2O4. The maximum atomic E-state index is 14.0. The number of rotatable bonds is 7. The number of halogens is 1. The third-order valence-electron chi connectivity index (χ3n) is 5.72. The van der Waals surface area contributed by atoms with Gasteiger partial charge in [0, 0.05) is 30.6 Å². The lowest BCUT2D eigenvalue weighted by Crippen LogP contribution is -2.32. The van der Waals surface area contributed by atoms with E-state index in [9.17, 15) is 14.0 Å². The summed E-state index contributed by atoms with van der Waals surface area (Å²) in [5.41, 5.74) is 2.18. The summed E-state index contributed by atoms with van der Waals surface area (Å²) in [4.78, 5) is 26.6.